The second kappa shape index (κ2) is 5.92. The van der Waals surface area contributed by atoms with Crippen molar-refractivity contribution in [1.29, 1.82) is 0 Å². The summed E-state index contributed by atoms with van der Waals surface area (Å²) in [5.74, 6) is 0.283. The molecule has 1 fully saturated rings. The molecule has 0 aliphatic heterocycles. The molecule has 0 aromatic rings. The molecule has 1 aliphatic rings. The average Bonchev–Trinajstić information content (AvgIpc) is 3.06. The Labute approximate surface area is 91.3 Å². The van der Waals surface area contributed by atoms with Gasteiger partial charge in [0.25, 0.3) is 0 Å². The van der Waals surface area contributed by atoms with Crippen LogP contribution < -0.4 is 11.1 Å². The lowest BCUT2D eigenvalue weighted by atomic mass is 10.3. The first-order valence-corrected chi connectivity index (χ1v) is 5.54. The molecule has 0 amide bonds. The van der Waals surface area contributed by atoms with Crippen LogP contribution in [0.2, 0.25) is 0 Å². The zero-order chi connectivity index (χ0) is 11.3. The predicted molar refractivity (Wildman–Crippen MR) is 61.1 cm³/mol. The van der Waals surface area contributed by atoms with E-state index in [-0.39, 0.29) is 5.84 Å². The quantitative estimate of drug-likeness (QED) is 0.186. The average molecular weight is 214 g/mol. The van der Waals surface area contributed by atoms with Gasteiger partial charge in [0.15, 0.2) is 0 Å². The Morgan fingerprint density at radius 1 is 1.67 bits per heavy atom. The third-order valence-corrected chi connectivity index (χ3v) is 2.94. The molecule has 1 atom stereocenters. The van der Waals surface area contributed by atoms with E-state index >= 15 is 0 Å². The van der Waals surface area contributed by atoms with Crippen LogP contribution in [0.3, 0.4) is 0 Å². The van der Waals surface area contributed by atoms with E-state index in [9.17, 15) is 0 Å². The highest BCUT2D eigenvalue weighted by molar-refractivity contribution is 5.79. The highest BCUT2D eigenvalue weighted by Gasteiger charge is 2.28. The van der Waals surface area contributed by atoms with Crippen LogP contribution in [0.5, 0.6) is 0 Å². The molecule has 5 heteroatoms. The molecule has 0 saturated heterocycles. The maximum Gasteiger partial charge on any atom is 0.140 e. The topological polar surface area (TPSA) is 73.9 Å². The molecule has 1 rings (SSSR count). The van der Waals surface area contributed by atoms with Gasteiger partial charge in [0.05, 0.1) is 0 Å². The van der Waals surface area contributed by atoms with Gasteiger partial charge >= 0.3 is 0 Å². The number of amidine groups is 1. The van der Waals surface area contributed by atoms with Crippen molar-refractivity contribution in [1.82, 2.24) is 10.2 Å². The van der Waals surface area contributed by atoms with Gasteiger partial charge in [-0.25, -0.2) is 0 Å². The molecule has 0 radical (unpaired) electrons. The van der Waals surface area contributed by atoms with Crippen molar-refractivity contribution < 1.29 is 5.21 Å². The van der Waals surface area contributed by atoms with Gasteiger partial charge in [-0.2, -0.15) is 0 Å². The molecule has 4 N–H and O–H groups in total. The Morgan fingerprint density at radius 3 is 2.87 bits per heavy atom. The van der Waals surface area contributed by atoms with E-state index in [4.69, 9.17) is 10.9 Å². The third-order valence-electron chi connectivity index (χ3n) is 2.94. The standard InChI is InChI=1S/C10H22N4O/c1-8(14(2)9-3-4-9)7-12-6-5-10(11)13-15/h8-9,12,15H,3-7H2,1-2H3,(H2,11,13). The Bertz CT molecular complexity index is 215. The molecule has 0 heterocycles. The minimum absolute atomic E-state index is 0.283. The normalized spacial score (nSPS) is 19.5. The Morgan fingerprint density at radius 2 is 2.33 bits per heavy atom. The van der Waals surface area contributed by atoms with Crippen molar-refractivity contribution in [3.8, 4) is 0 Å². The van der Waals surface area contributed by atoms with E-state index < -0.39 is 0 Å². The van der Waals surface area contributed by atoms with Crippen LogP contribution in [0.1, 0.15) is 26.2 Å². The second-order valence-corrected chi connectivity index (χ2v) is 4.29. The van der Waals surface area contributed by atoms with Gasteiger partial charge in [-0.1, -0.05) is 5.16 Å². The minimum Gasteiger partial charge on any atom is -0.409 e. The molecular formula is C10H22N4O. The van der Waals surface area contributed by atoms with Crippen LogP contribution in [-0.4, -0.2) is 48.2 Å². The Balaban J connectivity index is 2.03. The van der Waals surface area contributed by atoms with Gasteiger partial charge in [0.1, 0.15) is 5.84 Å². The molecule has 0 aromatic heterocycles. The molecule has 1 unspecified atom stereocenters. The van der Waals surface area contributed by atoms with Crippen LogP contribution in [-0.2, 0) is 0 Å². The lowest BCUT2D eigenvalue weighted by Crippen LogP contribution is -2.39. The van der Waals surface area contributed by atoms with Crippen molar-refractivity contribution >= 4 is 5.84 Å². The van der Waals surface area contributed by atoms with Gasteiger partial charge in [-0.3, -0.25) is 4.90 Å². The smallest absolute Gasteiger partial charge is 0.140 e. The molecule has 0 aromatic carbocycles. The second-order valence-electron chi connectivity index (χ2n) is 4.29. The largest absolute Gasteiger partial charge is 0.409 e. The van der Waals surface area contributed by atoms with Crippen LogP contribution in [0.15, 0.2) is 5.16 Å². The minimum atomic E-state index is 0.283. The van der Waals surface area contributed by atoms with Crippen molar-refractivity contribution in [2.24, 2.45) is 10.9 Å². The first-order chi connectivity index (χ1) is 7.15. The van der Waals surface area contributed by atoms with E-state index in [1.807, 2.05) is 0 Å². The maximum atomic E-state index is 8.34. The van der Waals surface area contributed by atoms with Gasteiger partial charge in [0, 0.05) is 31.6 Å². The fourth-order valence-corrected chi connectivity index (χ4v) is 1.56. The number of hydrogen-bond donors (Lipinski definition) is 3. The van der Waals surface area contributed by atoms with Crippen LogP contribution in [0.25, 0.3) is 0 Å². The van der Waals surface area contributed by atoms with E-state index in [0.29, 0.717) is 12.5 Å². The van der Waals surface area contributed by atoms with Crippen LogP contribution in [0, 0.1) is 0 Å². The maximum absolute atomic E-state index is 8.34. The van der Waals surface area contributed by atoms with Crippen molar-refractivity contribution in [2.45, 2.75) is 38.3 Å². The zero-order valence-corrected chi connectivity index (χ0v) is 9.61. The van der Waals surface area contributed by atoms with E-state index in [1.165, 1.54) is 12.8 Å². The number of hydrogen-bond acceptors (Lipinski definition) is 4. The number of oxime groups is 1. The van der Waals surface area contributed by atoms with E-state index in [0.717, 1.165) is 19.1 Å². The fraction of sp³-hybridized carbons (Fsp3) is 0.900. The third kappa shape index (κ3) is 4.48. The molecular weight excluding hydrogens is 192 g/mol. The zero-order valence-electron chi connectivity index (χ0n) is 9.61. The lowest BCUT2D eigenvalue weighted by Gasteiger charge is -2.24. The predicted octanol–water partition coefficient (Wildman–Crippen LogP) is 0.195. The lowest BCUT2D eigenvalue weighted by molar-refractivity contribution is 0.242. The summed E-state index contributed by atoms with van der Waals surface area (Å²) in [7, 11) is 2.17. The number of nitrogens with two attached hydrogens (primary N) is 1. The SMILES string of the molecule is CC(CNCCC(N)=NO)N(C)C1CC1. The highest BCUT2D eigenvalue weighted by atomic mass is 16.4. The first kappa shape index (κ1) is 12.3. The number of nitrogens with zero attached hydrogens (tertiary/aromatic N) is 2. The molecule has 1 aliphatic carbocycles. The summed E-state index contributed by atoms with van der Waals surface area (Å²) in [4.78, 5) is 2.41. The van der Waals surface area contributed by atoms with Crippen LogP contribution in [0.4, 0.5) is 0 Å². The number of rotatable bonds is 7. The summed E-state index contributed by atoms with van der Waals surface area (Å²) in [5.41, 5.74) is 5.36. The number of nitrogens with one attached hydrogen (secondary N) is 1. The fourth-order valence-electron chi connectivity index (χ4n) is 1.56. The first-order valence-electron chi connectivity index (χ1n) is 5.54. The van der Waals surface area contributed by atoms with Gasteiger partial charge in [-0.15, -0.1) is 0 Å². The Hall–Kier alpha value is -0.810. The summed E-state index contributed by atoms with van der Waals surface area (Å²) in [6, 6.07) is 1.34. The summed E-state index contributed by atoms with van der Waals surface area (Å²) < 4.78 is 0. The van der Waals surface area contributed by atoms with Gasteiger partial charge in [-0.05, 0) is 26.8 Å². The number of likely N-dealkylation sites (N-methyl/N-ethyl adjacent to an activating group) is 1. The van der Waals surface area contributed by atoms with E-state index in [2.05, 4.69) is 29.3 Å². The van der Waals surface area contributed by atoms with Crippen molar-refractivity contribution in [2.75, 3.05) is 20.1 Å². The molecule has 1 saturated carbocycles. The highest BCUT2D eigenvalue weighted by Crippen LogP contribution is 2.26. The van der Waals surface area contributed by atoms with Crippen molar-refractivity contribution in [3.63, 3.8) is 0 Å². The molecule has 0 spiro atoms. The summed E-state index contributed by atoms with van der Waals surface area (Å²) in [5, 5.41) is 14.6. The molecule has 5 nitrogen and oxygen atoms in total. The summed E-state index contributed by atoms with van der Waals surface area (Å²) >= 11 is 0. The van der Waals surface area contributed by atoms with Gasteiger partial charge < -0.3 is 16.3 Å². The van der Waals surface area contributed by atoms with Crippen molar-refractivity contribution in [3.05, 3.63) is 0 Å². The van der Waals surface area contributed by atoms with Crippen LogP contribution >= 0.6 is 0 Å². The monoisotopic (exact) mass is 214 g/mol. The van der Waals surface area contributed by atoms with E-state index in [1.54, 1.807) is 0 Å². The van der Waals surface area contributed by atoms with Gasteiger partial charge in [0.2, 0.25) is 0 Å². The molecule has 0 bridgehead atoms. The summed E-state index contributed by atoms with van der Waals surface area (Å²) in [6.07, 6.45) is 3.27. The molecule has 15 heavy (non-hydrogen) atoms. The molecule has 88 valence electrons. The Kier molecular flexibility index (Phi) is 4.84. The summed E-state index contributed by atoms with van der Waals surface area (Å²) in [6.45, 7) is 3.93.